The first-order valence-corrected chi connectivity index (χ1v) is 9.39. The highest BCUT2D eigenvalue weighted by Gasteiger charge is 2.08. The Bertz CT molecular complexity index is 1570. The zero-order valence-corrected chi connectivity index (χ0v) is 16.1. The van der Waals surface area contributed by atoms with E-state index in [1.54, 1.807) is 47.3 Å². The third-order valence-electron chi connectivity index (χ3n) is 4.70. The first-order valence-electron chi connectivity index (χ1n) is 9.02. The molecule has 0 saturated heterocycles. The van der Waals surface area contributed by atoms with Crippen molar-refractivity contribution in [1.29, 1.82) is 0 Å². The van der Waals surface area contributed by atoms with Crippen LogP contribution in [0.15, 0.2) is 60.9 Å². The number of benzene rings is 2. The summed E-state index contributed by atoms with van der Waals surface area (Å²) in [4.78, 5) is 19.0. The predicted molar refractivity (Wildman–Crippen MR) is 114 cm³/mol. The van der Waals surface area contributed by atoms with Gasteiger partial charge >= 0.3 is 0 Å². The predicted octanol–water partition coefficient (Wildman–Crippen LogP) is 3.08. The summed E-state index contributed by atoms with van der Waals surface area (Å²) in [6, 6.07) is 13.4. The van der Waals surface area contributed by atoms with E-state index in [0.29, 0.717) is 38.2 Å². The summed E-state index contributed by atoms with van der Waals surface area (Å²) in [7, 11) is 0. The van der Waals surface area contributed by atoms with Crippen molar-refractivity contribution in [2.45, 2.75) is 0 Å². The van der Waals surface area contributed by atoms with Crippen LogP contribution in [0.25, 0.3) is 22.6 Å². The molecule has 0 saturated carbocycles. The Kier molecular flexibility index (Phi) is 4.32. The minimum atomic E-state index is -0.389. The third kappa shape index (κ3) is 3.22. The lowest BCUT2D eigenvalue weighted by Gasteiger charge is -2.06. The molecular formula is C22H13ClFN5O. The lowest BCUT2D eigenvalue weighted by atomic mass is 10.2. The molecule has 30 heavy (non-hydrogen) atoms. The maximum atomic E-state index is 13.8. The van der Waals surface area contributed by atoms with Crippen LogP contribution in [0.5, 0.6) is 0 Å². The fourth-order valence-electron chi connectivity index (χ4n) is 3.34. The van der Waals surface area contributed by atoms with Crippen LogP contribution in [-0.2, 0) is 4.79 Å². The van der Waals surface area contributed by atoms with Crippen molar-refractivity contribution in [2.75, 3.05) is 5.32 Å². The second-order valence-electron chi connectivity index (χ2n) is 6.67. The molecule has 0 radical (unpaired) electrons. The van der Waals surface area contributed by atoms with Crippen LogP contribution in [0.1, 0.15) is 5.56 Å². The number of aromatic nitrogens is 4. The maximum absolute atomic E-state index is 13.8. The maximum Gasteiger partial charge on any atom is 0.164 e. The Morgan fingerprint density at radius 2 is 2.10 bits per heavy atom. The Morgan fingerprint density at radius 1 is 1.20 bits per heavy atom. The summed E-state index contributed by atoms with van der Waals surface area (Å²) in [5.41, 5.74) is 2.69. The highest BCUT2D eigenvalue weighted by molar-refractivity contribution is 6.30. The summed E-state index contributed by atoms with van der Waals surface area (Å²) in [6.45, 7) is 0. The van der Waals surface area contributed by atoms with Gasteiger partial charge in [0.1, 0.15) is 17.0 Å². The largest absolute Gasteiger partial charge is 0.345 e. The second kappa shape index (κ2) is 7.15. The summed E-state index contributed by atoms with van der Waals surface area (Å²) in [5.74, 6) is 2.10. The SMILES string of the molecule is O=C=c1[nH]c2ccc(F)cc2c1=Cc1cnn2ccc(Nc3cccc(Cl)c3)nc12. The molecule has 0 atom stereocenters. The van der Waals surface area contributed by atoms with Gasteiger partial charge in [0.25, 0.3) is 0 Å². The van der Waals surface area contributed by atoms with Crippen LogP contribution in [0.3, 0.4) is 0 Å². The Balaban J connectivity index is 1.66. The average molecular weight is 418 g/mol. The number of H-pyrrole nitrogens is 1. The number of carbonyl (C=O) groups excluding carboxylic acids is 1. The van der Waals surface area contributed by atoms with Crippen molar-refractivity contribution in [2.24, 2.45) is 0 Å². The van der Waals surface area contributed by atoms with E-state index in [-0.39, 0.29) is 11.2 Å². The number of aromatic amines is 1. The first-order chi connectivity index (χ1) is 14.6. The van der Waals surface area contributed by atoms with Crippen molar-refractivity contribution in [1.82, 2.24) is 19.6 Å². The highest BCUT2D eigenvalue weighted by atomic mass is 35.5. The minimum absolute atomic E-state index is 0.239. The van der Waals surface area contributed by atoms with E-state index in [1.165, 1.54) is 12.1 Å². The van der Waals surface area contributed by atoms with Gasteiger partial charge in [-0.05, 0) is 48.5 Å². The number of hydrogen-bond donors (Lipinski definition) is 2. The van der Waals surface area contributed by atoms with Gasteiger partial charge in [-0.3, -0.25) is 0 Å². The van der Waals surface area contributed by atoms with Crippen LogP contribution in [0.4, 0.5) is 15.9 Å². The fourth-order valence-corrected chi connectivity index (χ4v) is 3.53. The molecule has 5 aromatic rings. The fraction of sp³-hybridized carbons (Fsp3) is 0. The molecule has 2 N–H and O–H groups in total. The zero-order chi connectivity index (χ0) is 20.7. The van der Waals surface area contributed by atoms with Gasteiger partial charge in [0.05, 0.1) is 6.20 Å². The van der Waals surface area contributed by atoms with E-state index in [1.807, 2.05) is 18.1 Å². The molecule has 0 unspecified atom stereocenters. The monoisotopic (exact) mass is 417 g/mol. The lowest BCUT2D eigenvalue weighted by Crippen LogP contribution is -2.24. The smallest absolute Gasteiger partial charge is 0.164 e. The molecule has 0 fully saturated rings. The summed E-state index contributed by atoms with van der Waals surface area (Å²) >= 11 is 6.04. The molecular weight excluding hydrogens is 405 g/mol. The van der Waals surface area contributed by atoms with Crippen LogP contribution in [-0.4, -0.2) is 25.5 Å². The molecule has 2 aromatic carbocycles. The van der Waals surface area contributed by atoms with Crippen molar-refractivity contribution in [3.8, 4) is 0 Å². The number of nitrogens with one attached hydrogen (secondary N) is 2. The van der Waals surface area contributed by atoms with Crippen LogP contribution < -0.4 is 15.9 Å². The number of halogens is 2. The highest BCUT2D eigenvalue weighted by Crippen LogP contribution is 2.20. The first kappa shape index (κ1) is 18.1. The van der Waals surface area contributed by atoms with E-state index in [4.69, 9.17) is 11.6 Å². The molecule has 3 heterocycles. The molecule has 0 amide bonds. The molecule has 0 aliphatic carbocycles. The van der Waals surface area contributed by atoms with E-state index in [9.17, 15) is 9.18 Å². The topological polar surface area (TPSA) is 75.1 Å². The van der Waals surface area contributed by atoms with Gasteiger partial charge in [0.15, 0.2) is 11.6 Å². The Hall–Kier alpha value is -3.93. The summed E-state index contributed by atoms with van der Waals surface area (Å²) < 4.78 is 15.4. The van der Waals surface area contributed by atoms with Crippen molar-refractivity contribution in [3.05, 3.63) is 87.9 Å². The van der Waals surface area contributed by atoms with Crippen LogP contribution >= 0.6 is 11.6 Å². The second-order valence-corrected chi connectivity index (χ2v) is 7.10. The number of anilines is 2. The molecule has 5 rings (SSSR count). The van der Waals surface area contributed by atoms with Gasteiger partial charge in [-0.15, -0.1) is 0 Å². The molecule has 8 heteroatoms. The van der Waals surface area contributed by atoms with Crippen LogP contribution in [0, 0.1) is 5.82 Å². The molecule has 0 bridgehead atoms. The molecule has 146 valence electrons. The summed E-state index contributed by atoms with van der Waals surface area (Å²) in [6.07, 6.45) is 5.16. The molecule has 0 aliphatic heterocycles. The molecule has 0 spiro atoms. The number of nitrogens with zero attached hydrogens (tertiary/aromatic N) is 3. The van der Waals surface area contributed by atoms with Crippen molar-refractivity contribution in [3.63, 3.8) is 0 Å². The average Bonchev–Trinajstić information content (AvgIpc) is 3.29. The van der Waals surface area contributed by atoms with Gasteiger partial charge in [0.2, 0.25) is 0 Å². The van der Waals surface area contributed by atoms with Crippen molar-refractivity contribution >= 4 is 51.7 Å². The Morgan fingerprint density at radius 3 is 2.93 bits per heavy atom. The molecule has 3 aromatic heterocycles. The number of hydrogen-bond acceptors (Lipinski definition) is 4. The quantitative estimate of drug-likeness (QED) is 0.473. The third-order valence-corrected chi connectivity index (χ3v) is 4.93. The number of fused-ring (bicyclic) bond motifs is 2. The van der Waals surface area contributed by atoms with Gasteiger partial charge in [-0.2, -0.15) is 5.10 Å². The zero-order valence-electron chi connectivity index (χ0n) is 15.4. The van der Waals surface area contributed by atoms with Gasteiger partial charge in [0, 0.05) is 38.6 Å². The molecule has 0 aliphatic rings. The van der Waals surface area contributed by atoms with E-state index < -0.39 is 0 Å². The minimum Gasteiger partial charge on any atom is -0.345 e. The van der Waals surface area contributed by atoms with Gasteiger partial charge in [-0.25, -0.2) is 18.7 Å². The van der Waals surface area contributed by atoms with E-state index in [0.717, 1.165) is 5.69 Å². The molecule has 6 nitrogen and oxygen atoms in total. The Labute approximate surface area is 173 Å². The van der Waals surface area contributed by atoms with Gasteiger partial charge in [-0.1, -0.05) is 17.7 Å². The van der Waals surface area contributed by atoms with Gasteiger partial charge < -0.3 is 10.3 Å². The lowest BCUT2D eigenvalue weighted by molar-refractivity contribution is 0.567. The van der Waals surface area contributed by atoms with E-state index >= 15 is 0 Å². The van der Waals surface area contributed by atoms with E-state index in [2.05, 4.69) is 20.4 Å². The summed E-state index contributed by atoms with van der Waals surface area (Å²) in [5, 5.41) is 9.48. The van der Waals surface area contributed by atoms with Crippen molar-refractivity contribution < 1.29 is 9.18 Å². The standard InChI is InChI=1S/C22H13ClFN5O/c23-14-2-1-3-16(9-14)26-21-6-7-29-22(28-21)13(11-25-29)8-17-18-10-15(24)4-5-19(18)27-20(17)12-30/h1-11,27H,(H,26,28). The van der Waals surface area contributed by atoms with Crippen LogP contribution in [0.2, 0.25) is 5.02 Å². The normalized spacial score (nSPS) is 11.9. The number of rotatable bonds is 3.